The van der Waals surface area contributed by atoms with Crippen LogP contribution in [0.4, 0.5) is 0 Å². The van der Waals surface area contributed by atoms with Crippen LogP contribution in [0.1, 0.15) is 53.9 Å². The van der Waals surface area contributed by atoms with Crippen LogP contribution < -0.4 is 5.32 Å². The van der Waals surface area contributed by atoms with Crippen LogP contribution in [0.3, 0.4) is 0 Å². The zero-order valence-electron chi connectivity index (χ0n) is 12.5. The molecule has 106 valence electrons. The Kier molecular flexibility index (Phi) is 4.35. The Morgan fingerprint density at radius 3 is 2.28 bits per heavy atom. The van der Waals surface area contributed by atoms with Gasteiger partial charge in [-0.05, 0) is 40.0 Å². The summed E-state index contributed by atoms with van der Waals surface area (Å²) in [6.45, 7) is 11.9. The van der Waals surface area contributed by atoms with E-state index in [1.807, 2.05) is 0 Å². The smallest absolute Gasteiger partial charge is 0.0655 e. The summed E-state index contributed by atoms with van der Waals surface area (Å²) in [5.74, 6) is 0. The molecule has 0 amide bonds. The van der Waals surface area contributed by atoms with Crippen LogP contribution in [0, 0.1) is 5.41 Å². The largest absolute Gasteiger partial charge is 0.378 e. The molecule has 3 heteroatoms. The minimum absolute atomic E-state index is 0.265. The van der Waals surface area contributed by atoms with E-state index in [4.69, 9.17) is 9.47 Å². The molecule has 0 radical (unpaired) electrons. The van der Waals surface area contributed by atoms with Crippen LogP contribution in [-0.4, -0.2) is 37.0 Å². The summed E-state index contributed by atoms with van der Waals surface area (Å²) in [6.07, 6.45) is 4.62. The third-order valence-corrected chi connectivity index (χ3v) is 4.68. The first-order valence-electron chi connectivity index (χ1n) is 7.46. The monoisotopic (exact) mass is 255 g/mol. The second-order valence-electron chi connectivity index (χ2n) is 6.65. The summed E-state index contributed by atoms with van der Waals surface area (Å²) in [6, 6.07) is 1.20. The molecule has 1 aliphatic heterocycles. The van der Waals surface area contributed by atoms with Gasteiger partial charge in [0.25, 0.3) is 0 Å². The molecule has 0 aromatic heterocycles. The second-order valence-corrected chi connectivity index (χ2v) is 6.65. The van der Waals surface area contributed by atoms with Gasteiger partial charge in [-0.2, -0.15) is 0 Å². The molecule has 0 spiro atoms. The van der Waals surface area contributed by atoms with E-state index in [1.165, 1.54) is 0 Å². The molecule has 18 heavy (non-hydrogen) atoms. The molecule has 4 unspecified atom stereocenters. The zero-order valence-corrected chi connectivity index (χ0v) is 12.5. The molecule has 2 fully saturated rings. The summed E-state index contributed by atoms with van der Waals surface area (Å²) in [5.41, 5.74) is 0.265. The summed E-state index contributed by atoms with van der Waals surface area (Å²) in [5, 5.41) is 3.83. The molecule has 2 aliphatic rings. The third kappa shape index (κ3) is 2.89. The van der Waals surface area contributed by atoms with Crippen LogP contribution >= 0.6 is 0 Å². The average molecular weight is 255 g/mol. The highest BCUT2D eigenvalue weighted by Gasteiger charge is 2.49. The molecule has 1 saturated heterocycles. The number of rotatable bonds is 4. The van der Waals surface area contributed by atoms with E-state index >= 15 is 0 Å². The highest BCUT2D eigenvalue weighted by molar-refractivity contribution is 5.04. The number of hydrogen-bond donors (Lipinski definition) is 1. The van der Waals surface area contributed by atoms with Gasteiger partial charge >= 0.3 is 0 Å². The molecule has 0 bridgehead atoms. The molecule has 3 nitrogen and oxygen atoms in total. The van der Waals surface area contributed by atoms with E-state index in [9.17, 15) is 0 Å². The van der Waals surface area contributed by atoms with Crippen molar-refractivity contribution >= 4 is 0 Å². The van der Waals surface area contributed by atoms with Crippen molar-refractivity contribution in [2.45, 2.75) is 84.3 Å². The standard InChI is InChI=1S/C15H29NO2/c1-6-17-14-9-13(15(14,4)5)16-12-7-10(2)18-11(3)8-12/h10-14,16H,6-9H2,1-5H3. The minimum Gasteiger partial charge on any atom is -0.378 e. The van der Waals surface area contributed by atoms with Gasteiger partial charge in [0.15, 0.2) is 0 Å². The predicted octanol–water partition coefficient (Wildman–Crippen LogP) is 2.74. The highest BCUT2D eigenvalue weighted by atomic mass is 16.5. The molecular weight excluding hydrogens is 226 g/mol. The SMILES string of the molecule is CCOC1CC(NC2CC(C)OC(C)C2)C1(C)C. The molecule has 1 saturated carbocycles. The Bertz CT molecular complexity index is 270. The maximum Gasteiger partial charge on any atom is 0.0655 e. The van der Waals surface area contributed by atoms with Crippen LogP contribution in [0.15, 0.2) is 0 Å². The Labute approximate surface area is 112 Å². The van der Waals surface area contributed by atoms with Gasteiger partial charge in [0, 0.05) is 24.1 Å². The molecule has 4 atom stereocenters. The fourth-order valence-corrected chi connectivity index (χ4v) is 3.48. The van der Waals surface area contributed by atoms with Crippen molar-refractivity contribution in [2.24, 2.45) is 5.41 Å². The van der Waals surface area contributed by atoms with Crippen molar-refractivity contribution in [1.29, 1.82) is 0 Å². The van der Waals surface area contributed by atoms with Gasteiger partial charge < -0.3 is 14.8 Å². The van der Waals surface area contributed by atoms with Crippen molar-refractivity contribution in [3.05, 3.63) is 0 Å². The van der Waals surface area contributed by atoms with Crippen LogP contribution in [0.2, 0.25) is 0 Å². The maximum atomic E-state index is 5.80. The summed E-state index contributed by atoms with van der Waals surface area (Å²) in [4.78, 5) is 0. The lowest BCUT2D eigenvalue weighted by Gasteiger charge is -2.53. The van der Waals surface area contributed by atoms with Gasteiger partial charge in [-0.25, -0.2) is 0 Å². The molecule has 0 aromatic carbocycles. The Morgan fingerprint density at radius 1 is 1.17 bits per heavy atom. The Morgan fingerprint density at radius 2 is 1.78 bits per heavy atom. The molecule has 2 rings (SSSR count). The van der Waals surface area contributed by atoms with Gasteiger partial charge in [0.05, 0.1) is 18.3 Å². The van der Waals surface area contributed by atoms with Crippen LogP contribution in [0.25, 0.3) is 0 Å². The van der Waals surface area contributed by atoms with Gasteiger partial charge in [0.2, 0.25) is 0 Å². The predicted molar refractivity (Wildman–Crippen MR) is 73.8 cm³/mol. The topological polar surface area (TPSA) is 30.5 Å². The number of hydrogen-bond acceptors (Lipinski definition) is 3. The molecule has 1 aliphatic carbocycles. The zero-order chi connectivity index (χ0) is 13.3. The van der Waals surface area contributed by atoms with Gasteiger partial charge in [-0.15, -0.1) is 0 Å². The van der Waals surface area contributed by atoms with E-state index in [2.05, 4.69) is 39.9 Å². The third-order valence-electron chi connectivity index (χ3n) is 4.68. The normalized spacial score (nSPS) is 43.5. The summed E-state index contributed by atoms with van der Waals surface area (Å²) in [7, 11) is 0. The lowest BCUT2D eigenvalue weighted by molar-refractivity contribution is -0.123. The number of nitrogens with one attached hydrogen (secondary N) is 1. The van der Waals surface area contributed by atoms with Gasteiger partial charge in [-0.1, -0.05) is 13.8 Å². The number of ether oxygens (including phenoxy) is 2. The maximum absolute atomic E-state index is 5.80. The summed E-state index contributed by atoms with van der Waals surface area (Å²) >= 11 is 0. The second kappa shape index (κ2) is 5.48. The lowest BCUT2D eigenvalue weighted by Crippen LogP contribution is -2.63. The first kappa shape index (κ1) is 14.3. The quantitative estimate of drug-likeness (QED) is 0.838. The van der Waals surface area contributed by atoms with Crippen LogP contribution in [-0.2, 0) is 9.47 Å². The van der Waals surface area contributed by atoms with Gasteiger partial charge in [0.1, 0.15) is 0 Å². The van der Waals surface area contributed by atoms with Crippen molar-refractivity contribution < 1.29 is 9.47 Å². The van der Waals surface area contributed by atoms with Crippen molar-refractivity contribution in [2.75, 3.05) is 6.61 Å². The highest BCUT2D eigenvalue weighted by Crippen LogP contribution is 2.43. The average Bonchev–Trinajstić information content (AvgIpc) is 2.26. The Balaban J connectivity index is 1.84. The first-order chi connectivity index (χ1) is 8.43. The molecule has 0 aromatic rings. The minimum atomic E-state index is 0.265. The fourth-order valence-electron chi connectivity index (χ4n) is 3.48. The van der Waals surface area contributed by atoms with Crippen molar-refractivity contribution in [3.63, 3.8) is 0 Å². The lowest BCUT2D eigenvalue weighted by atomic mass is 9.64. The molecular formula is C15H29NO2. The van der Waals surface area contributed by atoms with Crippen molar-refractivity contribution in [1.82, 2.24) is 5.32 Å². The van der Waals surface area contributed by atoms with E-state index in [1.54, 1.807) is 0 Å². The first-order valence-corrected chi connectivity index (χ1v) is 7.46. The van der Waals surface area contributed by atoms with E-state index < -0.39 is 0 Å². The van der Waals surface area contributed by atoms with Gasteiger partial charge in [-0.3, -0.25) is 0 Å². The Hall–Kier alpha value is -0.120. The van der Waals surface area contributed by atoms with Crippen LogP contribution in [0.5, 0.6) is 0 Å². The van der Waals surface area contributed by atoms with Crippen molar-refractivity contribution in [3.8, 4) is 0 Å². The summed E-state index contributed by atoms with van der Waals surface area (Å²) < 4.78 is 11.6. The molecule has 1 N–H and O–H groups in total. The molecule has 1 heterocycles. The van der Waals surface area contributed by atoms with E-state index in [-0.39, 0.29) is 5.41 Å². The van der Waals surface area contributed by atoms with E-state index in [0.717, 1.165) is 25.9 Å². The fraction of sp³-hybridized carbons (Fsp3) is 1.00. The van der Waals surface area contributed by atoms with E-state index in [0.29, 0.717) is 30.4 Å².